The Kier molecular flexibility index (Phi) is 6.75. The smallest absolute Gasteiger partial charge is 0.314 e. The summed E-state index contributed by atoms with van der Waals surface area (Å²) in [5.74, 6) is -2.52. The quantitative estimate of drug-likeness (QED) is 0.577. The number of aliphatic hydroxyl groups excluding tert-OH is 1. The predicted molar refractivity (Wildman–Crippen MR) is 115 cm³/mol. The van der Waals surface area contributed by atoms with Crippen molar-refractivity contribution in [2.75, 3.05) is 12.9 Å². The Bertz CT molecular complexity index is 1290. The number of benzene rings is 2. The van der Waals surface area contributed by atoms with Crippen LogP contribution in [0.25, 0.3) is 16.8 Å². The van der Waals surface area contributed by atoms with Crippen LogP contribution in [-0.4, -0.2) is 42.3 Å². The van der Waals surface area contributed by atoms with E-state index in [0.29, 0.717) is 5.56 Å². The lowest BCUT2D eigenvalue weighted by molar-refractivity contribution is 0.0695. The predicted octanol–water partition coefficient (Wildman–Crippen LogP) is 2.98. The molecule has 0 fully saturated rings. The van der Waals surface area contributed by atoms with Crippen molar-refractivity contribution in [3.05, 3.63) is 70.6 Å². The normalized spacial score (nSPS) is 12.7. The van der Waals surface area contributed by atoms with Gasteiger partial charge in [0.25, 0.3) is 0 Å². The van der Waals surface area contributed by atoms with E-state index in [1.807, 2.05) is 0 Å². The maximum atomic E-state index is 13.7. The van der Waals surface area contributed by atoms with Gasteiger partial charge in [-0.25, -0.2) is 17.2 Å². The van der Waals surface area contributed by atoms with E-state index in [1.165, 1.54) is 36.5 Å². The van der Waals surface area contributed by atoms with Crippen LogP contribution < -0.4 is 10.3 Å². The number of hydrogen-bond donors (Lipinski definition) is 1. The number of ether oxygens (including phenoxy) is 1. The molecule has 3 rings (SSSR count). The number of aromatic nitrogens is 2. The summed E-state index contributed by atoms with van der Waals surface area (Å²) >= 11 is 0. The second-order valence-electron chi connectivity index (χ2n) is 7.62. The summed E-state index contributed by atoms with van der Waals surface area (Å²) in [4.78, 5) is 13.2. The molecule has 0 aliphatic rings. The van der Waals surface area contributed by atoms with Crippen molar-refractivity contribution < 1.29 is 27.0 Å². The molecule has 1 heterocycles. The van der Waals surface area contributed by atoms with Gasteiger partial charge in [-0.2, -0.15) is 9.78 Å². The second-order valence-corrected chi connectivity index (χ2v) is 9.64. The zero-order valence-corrected chi connectivity index (χ0v) is 18.4. The molecule has 0 bridgehead atoms. The summed E-state index contributed by atoms with van der Waals surface area (Å²) in [5.41, 5.74) is -0.0582. The number of nitrogens with zero attached hydrogens (tertiary/aromatic N) is 2. The van der Waals surface area contributed by atoms with Crippen LogP contribution in [0.5, 0.6) is 5.75 Å². The second kappa shape index (κ2) is 9.17. The standard InChI is InChI=1S/C22H22F2N2O5S/c1-13(2)20(27)12-31-21-17(14-4-7-16(8-5-14)32(3,29)30)11-25-26(22(21)28)15-6-9-18(23)19(24)10-15/h4-11,13,20,27H,12H2,1-3H3/t20-/m0/s1. The molecule has 0 spiro atoms. The number of halogens is 2. The summed E-state index contributed by atoms with van der Waals surface area (Å²) in [6, 6.07) is 8.67. The monoisotopic (exact) mass is 464 g/mol. The van der Waals surface area contributed by atoms with Crippen LogP contribution in [-0.2, 0) is 9.84 Å². The van der Waals surface area contributed by atoms with Crippen LogP contribution >= 0.6 is 0 Å². The van der Waals surface area contributed by atoms with E-state index in [0.717, 1.165) is 23.1 Å². The van der Waals surface area contributed by atoms with E-state index in [-0.39, 0.29) is 34.4 Å². The Balaban J connectivity index is 2.13. The van der Waals surface area contributed by atoms with E-state index < -0.39 is 33.1 Å². The molecular weight excluding hydrogens is 442 g/mol. The van der Waals surface area contributed by atoms with Crippen molar-refractivity contribution in [1.29, 1.82) is 0 Å². The zero-order valence-electron chi connectivity index (χ0n) is 17.6. The molecule has 3 aromatic rings. The lowest BCUT2D eigenvalue weighted by atomic mass is 10.1. The molecule has 1 aromatic heterocycles. The molecule has 0 saturated heterocycles. The van der Waals surface area contributed by atoms with E-state index in [2.05, 4.69) is 5.10 Å². The average molecular weight is 464 g/mol. The Labute approximate surface area is 183 Å². The van der Waals surface area contributed by atoms with Gasteiger partial charge in [0.2, 0.25) is 0 Å². The van der Waals surface area contributed by atoms with Crippen LogP contribution in [0.4, 0.5) is 8.78 Å². The minimum atomic E-state index is -3.41. The van der Waals surface area contributed by atoms with E-state index >= 15 is 0 Å². The van der Waals surface area contributed by atoms with E-state index in [4.69, 9.17) is 4.74 Å². The average Bonchev–Trinajstić information content (AvgIpc) is 2.74. The van der Waals surface area contributed by atoms with Gasteiger partial charge in [0.15, 0.2) is 27.2 Å². The van der Waals surface area contributed by atoms with Gasteiger partial charge < -0.3 is 9.84 Å². The molecule has 0 saturated carbocycles. The highest BCUT2D eigenvalue weighted by molar-refractivity contribution is 7.90. The summed E-state index contributed by atoms with van der Waals surface area (Å²) in [7, 11) is -3.41. The number of hydrogen-bond acceptors (Lipinski definition) is 6. The Morgan fingerprint density at radius 1 is 1.09 bits per heavy atom. The highest BCUT2D eigenvalue weighted by Gasteiger charge is 2.19. The third-order valence-electron chi connectivity index (χ3n) is 4.84. The first-order chi connectivity index (χ1) is 15.0. The Hall–Kier alpha value is -3.11. The minimum absolute atomic E-state index is 0.0119. The summed E-state index contributed by atoms with van der Waals surface area (Å²) < 4.78 is 56.9. The highest BCUT2D eigenvalue weighted by Crippen LogP contribution is 2.28. The lowest BCUT2D eigenvalue weighted by Crippen LogP contribution is -2.28. The molecule has 1 atom stereocenters. The number of sulfone groups is 1. The molecule has 1 N–H and O–H groups in total. The van der Waals surface area contributed by atoms with Gasteiger partial charge in [0.1, 0.15) is 6.61 Å². The van der Waals surface area contributed by atoms with E-state index in [9.17, 15) is 27.1 Å². The molecule has 170 valence electrons. The topological polar surface area (TPSA) is 98.5 Å². The van der Waals surface area contributed by atoms with Gasteiger partial charge >= 0.3 is 5.56 Å². The fraction of sp³-hybridized carbons (Fsp3) is 0.273. The highest BCUT2D eigenvalue weighted by atomic mass is 32.2. The van der Waals surface area contributed by atoms with Crippen molar-refractivity contribution >= 4 is 9.84 Å². The van der Waals surface area contributed by atoms with Crippen LogP contribution in [0.3, 0.4) is 0 Å². The SMILES string of the molecule is CC(C)[C@@H](O)COc1c(-c2ccc(S(C)(=O)=O)cc2)cnn(-c2ccc(F)c(F)c2)c1=O. The lowest BCUT2D eigenvalue weighted by Gasteiger charge is -2.18. The maximum absolute atomic E-state index is 13.7. The third kappa shape index (κ3) is 5.03. The van der Waals surface area contributed by atoms with E-state index in [1.54, 1.807) is 13.8 Å². The van der Waals surface area contributed by atoms with Gasteiger partial charge in [0.05, 0.1) is 22.9 Å². The van der Waals surface area contributed by atoms with Gasteiger partial charge in [-0.05, 0) is 35.7 Å². The molecule has 0 amide bonds. The third-order valence-corrected chi connectivity index (χ3v) is 5.97. The first-order valence-electron chi connectivity index (χ1n) is 9.68. The van der Waals surface area contributed by atoms with Gasteiger partial charge in [-0.1, -0.05) is 26.0 Å². The summed E-state index contributed by atoms with van der Waals surface area (Å²) in [6.45, 7) is 3.37. The maximum Gasteiger partial charge on any atom is 0.314 e. The molecule has 2 aromatic carbocycles. The fourth-order valence-electron chi connectivity index (χ4n) is 2.83. The van der Waals surface area contributed by atoms with Crippen molar-refractivity contribution in [1.82, 2.24) is 9.78 Å². The van der Waals surface area contributed by atoms with Gasteiger partial charge in [-0.15, -0.1) is 0 Å². The van der Waals surface area contributed by atoms with Crippen LogP contribution in [0.2, 0.25) is 0 Å². The minimum Gasteiger partial charge on any atom is -0.485 e. The van der Waals surface area contributed by atoms with Crippen molar-refractivity contribution in [2.45, 2.75) is 24.8 Å². The Morgan fingerprint density at radius 3 is 2.31 bits per heavy atom. The molecule has 0 aliphatic heterocycles. The van der Waals surface area contributed by atoms with Crippen LogP contribution in [0, 0.1) is 17.6 Å². The molecule has 0 unspecified atom stereocenters. The largest absolute Gasteiger partial charge is 0.485 e. The molecule has 0 aliphatic carbocycles. The van der Waals surface area contributed by atoms with Crippen LogP contribution in [0.1, 0.15) is 13.8 Å². The van der Waals surface area contributed by atoms with Gasteiger partial charge in [-0.3, -0.25) is 4.79 Å². The van der Waals surface area contributed by atoms with Crippen molar-refractivity contribution in [2.24, 2.45) is 5.92 Å². The first-order valence-corrected chi connectivity index (χ1v) is 11.6. The molecule has 7 nitrogen and oxygen atoms in total. The van der Waals surface area contributed by atoms with Gasteiger partial charge in [0, 0.05) is 17.9 Å². The first kappa shape index (κ1) is 23.6. The van der Waals surface area contributed by atoms with Crippen LogP contribution in [0.15, 0.2) is 58.4 Å². The molecule has 32 heavy (non-hydrogen) atoms. The zero-order chi connectivity index (χ0) is 23.6. The number of aliphatic hydroxyl groups is 1. The summed E-state index contributed by atoms with van der Waals surface area (Å²) in [5, 5.41) is 14.2. The molecular formula is C22H22F2N2O5S. The summed E-state index contributed by atoms with van der Waals surface area (Å²) in [6.07, 6.45) is 1.52. The van der Waals surface area contributed by atoms with Crippen molar-refractivity contribution in [3.63, 3.8) is 0 Å². The number of rotatable bonds is 7. The molecule has 0 radical (unpaired) electrons. The van der Waals surface area contributed by atoms with Crippen molar-refractivity contribution in [3.8, 4) is 22.6 Å². The fourth-order valence-corrected chi connectivity index (χ4v) is 3.46. The Morgan fingerprint density at radius 2 is 1.75 bits per heavy atom. The molecule has 10 heteroatoms.